The predicted octanol–water partition coefficient (Wildman–Crippen LogP) is 4.22. The molecule has 0 aromatic heterocycles. The van der Waals surface area contributed by atoms with Crippen molar-refractivity contribution in [3.05, 3.63) is 45.3 Å². The summed E-state index contributed by atoms with van der Waals surface area (Å²) >= 11 is 8.13. The Morgan fingerprint density at radius 1 is 0.375 bits per heavy atom. The van der Waals surface area contributed by atoms with Crippen LogP contribution < -0.4 is 51.9 Å². The van der Waals surface area contributed by atoms with E-state index in [-0.39, 0.29) is 0 Å². The number of hydrogen-bond donors (Lipinski definition) is 0. The summed E-state index contributed by atoms with van der Waals surface area (Å²) in [7, 11) is -10.5. The van der Waals surface area contributed by atoms with E-state index in [4.69, 9.17) is 0 Å². The number of fused-ring (bicyclic) bond motifs is 4. The van der Waals surface area contributed by atoms with E-state index >= 15 is 0 Å². The lowest BCUT2D eigenvalue weighted by Crippen LogP contribution is -2.83. The van der Waals surface area contributed by atoms with E-state index in [2.05, 4.69) is 160 Å². The highest BCUT2D eigenvalue weighted by atomic mass is 79.9. The molecule has 40 heavy (non-hydrogen) atoms. The highest BCUT2D eigenvalue weighted by molar-refractivity contribution is 9.11. The molecule has 3 aromatic carbocycles. The van der Waals surface area contributed by atoms with Crippen LogP contribution in [0.3, 0.4) is 0 Å². The van der Waals surface area contributed by atoms with Gasteiger partial charge in [0.05, 0.1) is 16.1 Å². The second-order valence-corrected chi connectivity index (χ2v) is 45.8. The second kappa shape index (κ2) is 9.22. The van der Waals surface area contributed by atoms with Crippen LogP contribution in [-0.4, -0.2) is 48.4 Å². The van der Waals surface area contributed by atoms with E-state index in [9.17, 15) is 0 Å². The van der Waals surface area contributed by atoms with Gasteiger partial charge in [-0.1, -0.05) is 189 Å². The molecule has 3 aromatic rings. The molecule has 2 aliphatic heterocycles. The highest BCUT2D eigenvalue weighted by Gasteiger charge is 2.50. The maximum absolute atomic E-state index is 4.06. The number of hydrogen-bond acceptors (Lipinski definition) is 0. The van der Waals surface area contributed by atoms with Gasteiger partial charge >= 0.3 is 0 Å². The lowest BCUT2D eigenvalue weighted by molar-refractivity contribution is 1.60. The molecule has 214 valence electrons. The fourth-order valence-corrected chi connectivity index (χ4v) is 34.3. The fourth-order valence-electron chi connectivity index (χ4n) is 7.61. The number of rotatable bonds is 2. The first-order valence-corrected chi connectivity index (χ1v) is 35.4. The minimum Gasteiger partial charge on any atom is -0.0656 e. The Kier molecular flexibility index (Phi) is 7.22. The van der Waals surface area contributed by atoms with Crippen LogP contribution in [0.15, 0.2) is 45.3 Å². The fraction of sp³-hybridized carbons (Fsp3) is 0.438. The van der Waals surface area contributed by atoms with Crippen molar-refractivity contribution in [1.82, 2.24) is 0 Å². The Bertz CT molecular complexity index is 1470. The summed E-state index contributed by atoms with van der Waals surface area (Å²) in [6.07, 6.45) is 0. The number of halogens is 2. The normalized spacial score (nSPS) is 19.8. The van der Waals surface area contributed by atoms with Crippen LogP contribution in [-0.2, 0) is 0 Å². The first-order valence-electron chi connectivity index (χ1n) is 14.8. The van der Waals surface area contributed by atoms with Crippen LogP contribution in [0.1, 0.15) is 0 Å². The van der Waals surface area contributed by atoms with Crippen LogP contribution in [0.25, 0.3) is 0 Å². The van der Waals surface area contributed by atoms with E-state index in [1.165, 1.54) is 8.95 Å². The van der Waals surface area contributed by atoms with Gasteiger partial charge in [-0.05, 0) is 22.5 Å². The topological polar surface area (TPSA) is 0 Å². The maximum Gasteiger partial charge on any atom is 0.112 e. The third kappa shape index (κ3) is 4.44. The molecule has 0 aliphatic carbocycles. The molecule has 0 bridgehead atoms. The van der Waals surface area contributed by atoms with E-state index in [1.54, 1.807) is 51.9 Å². The van der Waals surface area contributed by atoms with Crippen LogP contribution in [0, 0.1) is 0 Å². The molecule has 0 amide bonds. The Balaban J connectivity index is 1.84. The summed E-state index contributed by atoms with van der Waals surface area (Å²) in [5.74, 6) is 0. The van der Waals surface area contributed by atoms with Gasteiger partial charge < -0.3 is 0 Å². The monoisotopic (exact) mass is 758 g/mol. The molecule has 2 aliphatic rings. The molecule has 0 nitrogen and oxygen atoms in total. The molecule has 0 N–H and O–H groups in total. The largest absolute Gasteiger partial charge is 0.112 e. The molecule has 5 rings (SSSR count). The molecule has 2 heterocycles. The van der Waals surface area contributed by atoms with Gasteiger partial charge in [-0.3, -0.25) is 0 Å². The van der Waals surface area contributed by atoms with Crippen molar-refractivity contribution in [3.8, 4) is 0 Å². The van der Waals surface area contributed by atoms with Crippen molar-refractivity contribution in [1.29, 1.82) is 0 Å². The minimum absolute atomic E-state index is 1.36. The van der Waals surface area contributed by atoms with Gasteiger partial charge in [0.15, 0.2) is 0 Å². The molecule has 0 radical (unpaired) electrons. The van der Waals surface area contributed by atoms with Crippen molar-refractivity contribution in [2.75, 3.05) is 0 Å². The van der Waals surface area contributed by atoms with Gasteiger partial charge in [-0.15, -0.1) is 0 Å². The van der Waals surface area contributed by atoms with E-state index < -0.39 is 48.4 Å². The zero-order valence-electron chi connectivity index (χ0n) is 27.2. The lowest BCUT2D eigenvalue weighted by atomic mass is 10.3. The summed E-state index contributed by atoms with van der Waals surface area (Å²) in [5.41, 5.74) is 0. The highest BCUT2D eigenvalue weighted by Crippen LogP contribution is 2.23. The van der Waals surface area contributed by atoms with Crippen molar-refractivity contribution in [3.63, 3.8) is 0 Å². The maximum atomic E-state index is 4.06. The standard InChI is InChI=1S/C32H48Br2Si6/c1-35(2,3)23-17-27-25(15-21(23)33)37(7,8)29-20-32-30(19-31(29)39(27,11)12)38(9,10)26-16-22(34)24(36(4,5)6)18-28(26)40(32,13)14/h15-20H,1-14H3. The van der Waals surface area contributed by atoms with Crippen LogP contribution in [0.4, 0.5) is 0 Å². The summed E-state index contributed by atoms with van der Waals surface area (Å²) in [6, 6.07) is 16.2. The van der Waals surface area contributed by atoms with Gasteiger partial charge in [0.25, 0.3) is 0 Å². The van der Waals surface area contributed by atoms with Crippen molar-refractivity contribution >= 4 is 132 Å². The van der Waals surface area contributed by atoms with Gasteiger partial charge in [-0.2, -0.15) is 0 Å². The lowest BCUT2D eigenvalue weighted by Gasteiger charge is -2.48. The third-order valence-corrected chi connectivity index (χ3v) is 31.6. The molecule has 0 fully saturated rings. The van der Waals surface area contributed by atoms with Crippen LogP contribution in [0.5, 0.6) is 0 Å². The molecular formula is C32H48Br2Si6. The average Bonchev–Trinajstić information content (AvgIpc) is 2.79. The van der Waals surface area contributed by atoms with Crippen LogP contribution in [0.2, 0.25) is 91.7 Å². The zero-order chi connectivity index (χ0) is 30.2. The Labute approximate surface area is 267 Å². The van der Waals surface area contributed by atoms with Crippen molar-refractivity contribution < 1.29 is 0 Å². The average molecular weight is 761 g/mol. The SMILES string of the molecule is C[Si](C)(C)c1cc2c(cc1Br)[Si](C)(C)c1cc3c(cc1[Si]2(C)C)[Si](C)(C)c1cc(Br)c([Si](C)(C)C)cc1[Si]3(C)C. The minimum atomic E-state index is -1.89. The quantitative estimate of drug-likeness (QED) is 0.344. The molecular weight excluding hydrogens is 713 g/mol. The summed E-state index contributed by atoms with van der Waals surface area (Å²) in [5, 5.41) is 17.1. The molecule has 8 heteroatoms. The summed E-state index contributed by atoms with van der Waals surface area (Å²) in [4.78, 5) is 0. The molecule has 0 atom stereocenters. The zero-order valence-corrected chi connectivity index (χ0v) is 36.4. The van der Waals surface area contributed by atoms with Crippen molar-refractivity contribution in [2.45, 2.75) is 91.7 Å². The Morgan fingerprint density at radius 3 is 0.800 bits per heavy atom. The van der Waals surface area contributed by atoms with Gasteiger partial charge in [0.1, 0.15) is 32.3 Å². The van der Waals surface area contributed by atoms with E-state index in [0.29, 0.717) is 0 Å². The summed E-state index contributed by atoms with van der Waals surface area (Å²) < 4.78 is 2.72. The predicted molar refractivity (Wildman–Crippen MR) is 208 cm³/mol. The Hall–Kier alpha value is -0.0787. The van der Waals surface area contributed by atoms with Gasteiger partial charge in [-0.25, -0.2) is 0 Å². The van der Waals surface area contributed by atoms with Gasteiger partial charge in [0, 0.05) is 8.95 Å². The molecule has 0 unspecified atom stereocenters. The first kappa shape index (κ1) is 31.3. The van der Waals surface area contributed by atoms with Crippen molar-refractivity contribution in [2.24, 2.45) is 0 Å². The first-order chi connectivity index (χ1) is 17.9. The van der Waals surface area contributed by atoms with Crippen LogP contribution >= 0.6 is 31.9 Å². The third-order valence-electron chi connectivity index (χ3n) is 10.4. The smallest absolute Gasteiger partial charge is 0.0656 e. The second-order valence-electron chi connectivity index (χ2n) is 16.7. The molecule has 0 spiro atoms. The Morgan fingerprint density at radius 2 is 0.575 bits per heavy atom. The van der Waals surface area contributed by atoms with E-state index in [0.717, 1.165) is 0 Å². The van der Waals surface area contributed by atoms with E-state index in [1.807, 2.05) is 0 Å². The van der Waals surface area contributed by atoms with Gasteiger partial charge in [0.2, 0.25) is 0 Å². The molecule has 0 saturated carbocycles. The summed E-state index contributed by atoms with van der Waals surface area (Å²) in [6.45, 7) is 36.1. The number of benzene rings is 3. The molecule has 0 saturated heterocycles.